The molecule has 4 nitrogen and oxygen atoms in total. The molecule has 0 spiro atoms. The third-order valence-electron chi connectivity index (χ3n) is 4.72. The molecule has 5 heteroatoms. The Kier molecular flexibility index (Phi) is 4.71. The summed E-state index contributed by atoms with van der Waals surface area (Å²) in [4.78, 5) is 17.1. The van der Waals surface area contributed by atoms with Gasteiger partial charge in [0.25, 0.3) is 5.91 Å². The van der Waals surface area contributed by atoms with Crippen molar-refractivity contribution < 1.29 is 9.53 Å². The van der Waals surface area contributed by atoms with Gasteiger partial charge in [-0.3, -0.25) is 10.1 Å². The fourth-order valence-electron chi connectivity index (χ4n) is 3.35. The third kappa shape index (κ3) is 3.35. The highest BCUT2D eigenvalue weighted by Crippen LogP contribution is 2.30. The first-order chi connectivity index (χ1) is 12.7. The summed E-state index contributed by atoms with van der Waals surface area (Å²) < 4.78 is 5.25. The molecule has 0 saturated carbocycles. The number of hydrogen-bond acceptors (Lipinski definition) is 4. The molecule has 0 radical (unpaired) electrons. The average molecular weight is 364 g/mol. The number of carbonyl (C=O) groups is 1. The van der Waals surface area contributed by atoms with Gasteiger partial charge < -0.3 is 4.74 Å². The molecule has 0 aliphatic heterocycles. The van der Waals surface area contributed by atoms with Gasteiger partial charge in [0.05, 0.1) is 18.4 Å². The Bertz CT molecular complexity index is 949. The number of para-hydroxylation sites is 1. The van der Waals surface area contributed by atoms with Gasteiger partial charge in [0.1, 0.15) is 5.75 Å². The zero-order valence-electron chi connectivity index (χ0n) is 14.6. The fourth-order valence-corrected chi connectivity index (χ4v) is 4.07. The number of fused-ring (bicyclic) bond motifs is 1. The molecule has 1 aromatic heterocycles. The summed E-state index contributed by atoms with van der Waals surface area (Å²) in [6.45, 7) is 0. The largest absolute Gasteiger partial charge is 0.496 e. The highest BCUT2D eigenvalue weighted by Gasteiger charge is 2.15. The van der Waals surface area contributed by atoms with Crippen molar-refractivity contribution in [3.05, 3.63) is 64.5 Å². The van der Waals surface area contributed by atoms with Crippen LogP contribution in [0, 0.1) is 0 Å². The van der Waals surface area contributed by atoms with Crippen molar-refractivity contribution in [1.82, 2.24) is 4.98 Å². The van der Waals surface area contributed by atoms with Gasteiger partial charge in [-0.15, -0.1) is 11.3 Å². The number of hydrogen-bond donors (Lipinski definition) is 1. The second-order valence-corrected chi connectivity index (χ2v) is 7.24. The predicted octanol–water partition coefficient (Wildman–Crippen LogP) is 4.95. The molecule has 0 saturated heterocycles. The highest BCUT2D eigenvalue weighted by molar-refractivity contribution is 7.14. The van der Waals surface area contributed by atoms with E-state index in [9.17, 15) is 4.79 Å². The van der Waals surface area contributed by atoms with E-state index in [0.717, 1.165) is 17.7 Å². The van der Waals surface area contributed by atoms with Crippen LogP contribution in [0.25, 0.3) is 11.3 Å². The first-order valence-corrected chi connectivity index (χ1v) is 9.64. The molecular formula is C21H20N2O2S. The maximum Gasteiger partial charge on any atom is 0.261 e. The minimum atomic E-state index is -0.214. The Balaban J connectivity index is 1.54. The molecule has 2 aromatic carbocycles. The molecule has 1 amide bonds. The number of aromatic nitrogens is 1. The van der Waals surface area contributed by atoms with Crippen molar-refractivity contribution >= 4 is 22.4 Å². The van der Waals surface area contributed by atoms with Crippen LogP contribution < -0.4 is 10.1 Å². The van der Waals surface area contributed by atoms with Crippen LogP contribution in [0.15, 0.2) is 47.8 Å². The maximum absolute atomic E-state index is 12.5. The van der Waals surface area contributed by atoms with E-state index in [2.05, 4.69) is 28.5 Å². The van der Waals surface area contributed by atoms with Crippen LogP contribution in [0.2, 0.25) is 0 Å². The van der Waals surface area contributed by atoms with Crippen LogP contribution in [-0.2, 0) is 12.8 Å². The summed E-state index contributed by atoms with van der Waals surface area (Å²) >= 11 is 1.43. The minimum absolute atomic E-state index is 0.214. The topological polar surface area (TPSA) is 51.2 Å². The van der Waals surface area contributed by atoms with Gasteiger partial charge in [-0.25, -0.2) is 4.98 Å². The first kappa shape index (κ1) is 16.8. The molecule has 1 aliphatic carbocycles. The van der Waals surface area contributed by atoms with Crippen LogP contribution >= 0.6 is 11.3 Å². The minimum Gasteiger partial charge on any atom is -0.496 e. The number of nitrogens with one attached hydrogen (secondary N) is 1. The number of ether oxygens (including phenoxy) is 1. The van der Waals surface area contributed by atoms with Gasteiger partial charge in [0.2, 0.25) is 0 Å². The summed E-state index contributed by atoms with van der Waals surface area (Å²) in [7, 11) is 1.56. The van der Waals surface area contributed by atoms with Gasteiger partial charge in [0, 0.05) is 10.9 Å². The second-order valence-electron chi connectivity index (χ2n) is 6.38. The van der Waals surface area contributed by atoms with Crippen LogP contribution in [0.1, 0.15) is 34.3 Å². The summed E-state index contributed by atoms with van der Waals surface area (Å²) in [5.74, 6) is 0.338. The van der Waals surface area contributed by atoms with E-state index in [0.29, 0.717) is 16.4 Å². The molecule has 3 aromatic rings. The lowest BCUT2D eigenvalue weighted by Gasteiger charge is -2.16. The maximum atomic E-state index is 12.5. The number of thiazole rings is 1. The van der Waals surface area contributed by atoms with Gasteiger partial charge in [-0.2, -0.15) is 0 Å². The summed E-state index contributed by atoms with van der Waals surface area (Å²) in [5, 5.41) is 5.45. The Morgan fingerprint density at radius 1 is 1.12 bits per heavy atom. The van der Waals surface area contributed by atoms with Crippen LogP contribution in [-0.4, -0.2) is 18.0 Å². The summed E-state index contributed by atoms with van der Waals surface area (Å²) in [6, 6.07) is 13.8. The van der Waals surface area contributed by atoms with Crippen molar-refractivity contribution in [3.63, 3.8) is 0 Å². The first-order valence-electron chi connectivity index (χ1n) is 8.76. The van der Waals surface area contributed by atoms with Crippen LogP contribution in [0.3, 0.4) is 0 Å². The van der Waals surface area contributed by atoms with Gasteiger partial charge in [-0.05, 0) is 55.0 Å². The van der Waals surface area contributed by atoms with E-state index >= 15 is 0 Å². The smallest absolute Gasteiger partial charge is 0.261 e. The van der Waals surface area contributed by atoms with Crippen LogP contribution in [0.5, 0.6) is 5.75 Å². The Labute approximate surface area is 156 Å². The Hall–Kier alpha value is -2.66. The van der Waals surface area contributed by atoms with Crippen molar-refractivity contribution in [3.8, 4) is 17.0 Å². The van der Waals surface area contributed by atoms with Crippen molar-refractivity contribution in [2.75, 3.05) is 12.4 Å². The zero-order valence-corrected chi connectivity index (χ0v) is 15.4. The molecule has 4 rings (SSSR count). The molecule has 26 heavy (non-hydrogen) atoms. The molecule has 132 valence electrons. The van der Waals surface area contributed by atoms with Crippen molar-refractivity contribution in [2.45, 2.75) is 25.7 Å². The molecule has 1 N–H and O–H groups in total. The van der Waals surface area contributed by atoms with E-state index in [4.69, 9.17) is 4.74 Å². The zero-order chi connectivity index (χ0) is 17.9. The number of aryl methyl sites for hydroxylation is 2. The Morgan fingerprint density at radius 3 is 2.77 bits per heavy atom. The van der Waals surface area contributed by atoms with Gasteiger partial charge in [-0.1, -0.05) is 24.3 Å². The number of benzene rings is 2. The lowest BCUT2D eigenvalue weighted by Crippen LogP contribution is -2.12. The lowest BCUT2D eigenvalue weighted by molar-refractivity contribution is 0.102. The molecule has 0 fully saturated rings. The molecule has 1 heterocycles. The number of carbonyl (C=O) groups excluding carboxylic acids is 1. The molecular weight excluding hydrogens is 344 g/mol. The molecule has 0 atom stereocenters. The third-order valence-corrected chi connectivity index (χ3v) is 5.48. The van der Waals surface area contributed by atoms with E-state index in [-0.39, 0.29) is 5.91 Å². The van der Waals surface area contributed by atoms with E-state index in [1.807, 2.05) is 17.5 Å². The number of rotatable bonds is 4. The monoisotopic (exact) mass is 364 g/mol. The highest BCUT2D eigenvalue weighted by atomic mass is 32.1. The van der Waals surface area contributed by atoms with Crippen molar-refractivity contribution in [2.24, 2.45) is 0 Å². The lowest BCUT2D eigenvalue weighted by atomic mass is 9.90. The predicted molar refractivity (Wildman–Crippen MR) is 105 cm³/mol. The van der Waals surface area contributed by atoms with Crippen LogP contribution in [0.4, 0.5) is 5.13 Å². The Morgan fingerprint density at radius 2 is 1.92 bits per heavy atom. The quantitative estimate of drug-likeness (QED) is 0.713. The number of methoxy groups -OCH3 is 1. The van der Waals surface area contributed by atoms with Gasteiger partial charge >= 0.3 is 0 Å². The second kappa shape index (κ2) is 7.30. The summed E-state index contributed by atoms with van der Waals surface area (Å²) in [5.41, 5.74) is 5.40. The van der Waals surface area contributed by atoms with Gasteiger partial charge in [0.15, 0.2) is 5.13 Å². The number of amides is 1. The SMILES string of the molecule is COc1ccccc1C(=O)Nc1nc(-c2ccc3c(c2)CCCC3)cs1. The van der Waals surface area contributed by atoms with E-state index in [1.54, 1.807) is 19.2 Å². The van der Waals surface area contributed by atoms with E-state index < -0.39 is 0 Å². The normalized spacial score (nSPS) is 13.1. The standard InChI is InChI=1S/C21H20N2O2S/c1-25-19-9-5-4-8-17(19)20(24)23-21-22-18(13-26-21)16-11-10-14-6-2-3-7-15(14)12-16/h4-5,8-13H,2-3,6-7H2,1H3,(H,22,23,24). The van der Waals surface area contributed by atoms with Crippen molar-refractivity contribution in [1.29, 1.82) is 0 Å². The molecule has 0 unspecified atom stereocenters. The number of anilines is 1. The van der Waals surface area contributed by atoms with E-state index in [1.165, 1.54) is 41.7 Å². The summed E-state index contributed by atoms with van der Waals surface area (Å²) in [6.07, 6.45) is 4.85. The average Bonchev–Trinajstić information content (AvgIpc) is 3.16. The molecule has 0 bridgehead atoms. The molecule has 1 aliphatic rings. The fraction of sp³-hybridized carbons (Fsp3) is 0.238. The number of nitrogens with zero attached hydrogens (tertiary/aromatic N) is 1.